The van der Waals surface area contributed by atoms with Gasteiger partial charge < -0.3 is 0 Å². The Labute approximate surface area is 73.1 Å². The summed E-state index contributed by atoms with van der Waals surface area (Å²) in [7, 11) is 0. The summed E-state index contributed by atoms with van der Waals surface area (Å²) >= 11 is 0. The summed E-state index contributed by atoms with van der Waals surface area (Å²) in [5, 5.41) is 1.90. The Bertz CT molecular complexity index is 163. The number of hydrogen-bond acceptors (Lipinski definition) is 2. The summed E-state index contributed by atoms with van der Waals surface area (Å²) in [5.41, 5.74) is 0. The quantitative estimate of drug-likeness (QED) is 0.522. The standard InChI is InChI=1S/C9H16N2O/c12-9-4-6-11-5-2-1-3-8(11)7-10-9/h8H,1-7H2,(H,10,12)/p+1. The molecule has 2 fully saturated rings. The van der Waals surface area contributed by atoms with Gasteiger partial charge in [0.05, 0.1) is 19.0 Å². The monoisotopic (exact) mass is 169 g/mol. The van der Waals surface area contributed by atoms with E-state index < -0.39 is 0 Å². The van der Waals surface area contributed by atoms with E-state index in [1.807, 2.05) is 5.32 Å². The summed E-state index contributed by atoms with van der Waals surface area (Å²) in [5.74, 6) is 0.351. The van der Waals surface area contributed by atoms with Crippen molar-refractivity contribution in [1.82, 2.24) is 4.90 Å². The van der Waals surface area contributed by atoms with Crippen molar-refractivity contribution in [3.05, 3.63) is 0 Å². The van der Waals surface area contributed by atoms with E-state index in [9.17, 15) is 4.79 Å². The molecule has 68 valence electrons. The van der Waals surface area contributed by atoms with Gasteiger partial charge in [-0.15, -0.1) is 0 Å². The van der Waals surface area contributed by atoms with Crippen LogP contribution >= 0.6 is 0 Å². The van der Waals surface area contributed by atoms with Crippen LogP contribution in [0, 0.1) is 0 Å². The predicted octanol–water partition coefficient (Wildman–Crippen LogP) is -0.665. The highest BCUT2D eigenvalue weighted by Gasteiger charge is 2.28. The van der Waals surface area contributed by atoms with Gasteiger partial charge in [0.1, 0.15) is 0 Å². The second-order valence-corrected chi connectivity index (χ2v) is 3.84. The number of rotatable bonds is 0. The van der Waals surface area contributed by atoms with E-state index in [-0.39, 0.29) is 0 Å². The number of fused-ring (bicyclic) bond motifs is 1. The van der Waals surface area contributed by atoms with Crippen LogP contribution in [-0.2, 0) is 4.79 Å². The SMILES string of the molecule is O=C1CCN2CCCCC2C[NH2+]1. The van der Waals surface area contributed by atoms with Gasteiger partial charge in [-0.2, -0.15) is 0 Å². The lowest BCUT2D eigenvalue weighted by Crippen LogP contribution is -2.89. The van der Waals surface area contributed by atoms with Gasteiger partial charge in [0.2, 0.25) is 0 Å². The molecule has 2 N–H and O–H groups in total. The van der Waals surface area contributed by atoms with E-state index in [1.54, 1.807) is 0 Å². The first-order valence-corrected chi connectivity index (χ1v) is 4.96. The normalized spacial score (nSPS) is 32.7. The first kappa shape index (κ1) is 8.20. The number of hydrogen-bond donors (Lipinski definition) is 1. The van der Waals surface area contributed by atoms with E-state index in [0.29, 0.717) is 11.9 Å². The Hall–Kier alpha value is -0.410. The number of amides is 1. The van der Waals surface area contributed by atoms with Crippen molar-refractivity contribution < 1.29 is 10.1 Å². The molecule has 2 heterocycles. The van der Waals surface area contributed by atoms with E-state index in [2.05, 4.69) is 4.90 Å². The Balaban J connectivity index is 1.98. The molecule has 3 heteroatoms. The molecular formula is C9H17N2O+. The molecule has 0 radical (unpaired) electrons. The maximum Gasteiger partial charge on any atom is 0.311 e. The first-order valence-electron chi connectivity index (χ1n) is 4.96. The van der Waals surface area contributed by atoms with Crippen LogP contribution in [0.1, 0.15) is 25.7 Å². The van der Waals surface area contributed by atoms with Gasteiger partial charge in [-0.3, -0.25) is 10.2 Å². The maximum absolute atomic E-state index is 11.1. The average Bonchev–Trinajstić information content (AvgIpc) is 2.29. The van der Waals surface area contributed by atoms with Crippen molar-refractivity contribution in [2.45, 2.75) is 31.7 Å². The van der Waals surface area contributed by atoms with Crippen molar-refractivity contribution in [3.63, 3.8) is 0 Å². The molecule has 0 aliphatic carbocycles. The zero-order chi connectivity index (χ0) is 8.39. The maximum atomic E-state index is 11.1. The van der Waals surface area contributed by atoms with Crippen molar-refractivity contribution in [2.75, 3.05) is 19.6 Å². The number of primary amides is 1. The van der Waals surface area contributed by atoms with Crippen LogP contribution < -0.4 is 5.32 Å². The zero-order valence-electron chi connectivity index (χ0n) is 7.46. The van der Waals surface area contributed by atoms with Crippen LogP contribution in [0.3, 0.4) is 0 Å². The Kier molecular flexibility index (Phi) is 2.42. The fraction of sp³-hybridized carbons (Fsp3) is 0.889. The molecule has 0 aromatic rings. The number of quaternary nitrogens is 1. The van der Waals surface area contributed by atoms with Crippen LogP contribution in [0.15, 0.2) is 0 Å². The molecule has 0 aromatic heterocycles. The van der Waals surface area contributed by atoms with Gasteiger partial charge >= 0.3 is 5.91 Å². The van der Waals surface area contributed by atoms with E-state index >= 15 is 0 Å². The van der Waals surface area contributed by atoms with Gasteiger partial charge in [0, 0.05) is 6.54 Å². The number of carbonyl (C=O) groups is 1. The van der Waals surface area contributed by atoms with Crippen LogP contribution in [0.4, 0.5) is 0 Å². The largest absolute Gasteiger partial charge is 0.311 e. The highest BCUT2D eigenvalue weighted by molar-refractivity contribution is 5.65. The van der Waals surface area contributed by atoms with Gasteiger partial charge in [0.15, 0.2) is 0 Å². The average molecular weight is 169 g/mol. The summed E-state index contributed by atoms with van der Waals surface area (Å²) in [4.78, 5) is 13.6. The third-order valence-electron chi connectivity index (χ3n) is 3.01. The minimum Gasteiger partial charge on any atom is -0.294 e. The van der Waals surface area contributed by atoms with Crippen LogP contribution in [-0.4, -0.2) is 36.5 Å². The topological polar surface area (TPSA) is 36.9 Å². The molecule has 0 saturated carbocycles. The zero-order valence-corrected chi connectivity index (χ0v) is 7.46. The lowest BCUT2D eigenvalue weighted by atomic mass is 10.0. The molecule has 3 nitrogen and oxygen atoms in total. The molecule has 2 rings (SSSR count). The lowest BCUT2D eigenvalue weighted by molar-refractivity contribution is -0.571. The fourth-order valence-electron chi connectivity index (χ4n) is 2.24. The van der Waals surface area contributed by atoms with Crippen LogP contribution in [0.2, 0.25) is 0 Å². The van der Waals surface area contributed by atoms with Gasteiger partial charge in [-0.25, -0.2) is 4.79 Å². The molecule has 2 saturated heterocycles. The second-order valence-electron chi connectivity index (χ2n) is 3.84. The molecule has 0 bridgehead atoms. The fourth-order valence-corrected chi connectivity index (χ4v) is 2.24. The summed E-state index contributed by atoms with van der Waals surface area (Å²) in [6, 6.07) is 0.685. The highest BCUT2D eigenvalue weighted by Crippen LogP contribution is 2.16. The minimum atomic E-state index is 0.351. The van der Waals surface area contributed by atoms with Gasteiger partial charge in [-0.1, -0.05) is 6.42 Å². The summed E-state index contributed by atoms with van der Waals surface area (Å²) in [6.45, 7) is 3.21. The molecular weight excluding hydrogens is 152 g/mol. The molecule has 0 aromatic carbocycles. The molecule has 2 aliphatic heterocycles. The molecule has 12 heavy (non-hydrogen) atoms. The minimum absolute atomic E-state index is 0.351. The summed E-state index contributed by atoms with van der Waals surface area (Å²) in [6.07, 6.45) is 4.72. The lowest BCUT2D eigenvalue weighted by Gasteiger charge is -2.31. The second kappa shape index (κ2) is 3.54. The Morgan fingerprint density at radius 3 is 3.17 bits per heavy atom. The number of piperidine rings is 1. The number of nitrogens with zero attached hydrogens (tertiary/aromatic N) is 1. The first-order chi connectivity index (χ1) is 5.86. The van der Waals surface area contributed by atoms with Crippen LogP contribution in [0.5, 0.6) is 0 Å². The third-order valence-corrected chi connectivity index (χ3v) is 3.01. The Morgan fingerprint density at radius 2 is 2.25 bits per heavy atom. The number of carbonyl (C=O) groups excluding carboxylic acids is 1. The molecule has 1 amide bonds. The third kappa shape index (κ3) is 1.67. The van der Waals surface area contributed by atoms with Crippen molar-refractivity contribution in [3.8, 4) is 0 Å². The highest BCUT2D eigenvalue weighted by atomic mass is 16.1. The van der Waals surface area contributed by atoms with Crippen LogP contribution in [0.25, 0.3) is 0 Å². The van der Waals surface area contributed by atoms with Gasteiger partial charge in [-0.05, 0) is 19.4 Å². The summed E-state index contributed by atoms with van der Waals surface area (Å²) < 4.78 is 0. The molecule has 1 atom stereocenters. The molecule has 2 aliphatic rings. The van der Waals surface area contributed by atoms with Crippen molar-refractivity contribution in [1.29, 1.82) is 0 Å². The smallest absolute Gasteiger partial charge is 0.294 e. The van der Waals surface area contributed by atoms with E-state index in [4.69, 9.17) is 0 Å². The van der Waals surface area contributed by atoms with Gasteiger partial charge in [0.25, 0.3) is 0 Å². The number of nitrogens with two attached hydrogens (primary N) is 1. The molecule has 1 unspecified atom stereocenters. The Morgan fingerprint density at radius 1 is 1.33 bits per heavy atom. The van der Waals surface area contributed by atoms with Crippen molar-refractivity contribution in [2.24, 2.45) is 0 Å². The predicted molar refractivity (Wildman–Crippen MR) is 45.6 cm³/mol. The molecule has 0 spiro atoms. The van der Waals surface area contributed by atoms with E-state index in [1.165, 1.54) is 25.8 Å². The van der Waals surface area contributed by atoms with Crippen molar-refractivity contribution >= 4 is 5.91 Å². The van der Waals surface area contributed by atoms with E-state index in [0.717, 1.165) is 19.5 Å².